The highest BCUT2D eigenvalue weighted by atomic mass is 16.5. The number of anilines is 2. The maximum absolute atomic E-state index is 8.84. The van der Waals surface area contributed by atoms with Crippen molar-refractivity contribution >= 4 is 22.5 Å². The van der Waals surface area contributed by atoms with E-state index < -0.39 is 0 Å². The largest absolute Gasteiger partial charge is 0.489 e. The Balaban J connectivity index is 1.56. The number of ether oxygens (including phenoxy) is 1. The first kappa shape index (κ1) is 18.4. The zero-order valence-electron chi connectivity index (χ0n) is 16.5. The summed E-state index contributed by atoms with van der Waals surface area (Å²) in [6.45, 7) is 2.44. The van der Waals surface area contributed by atoms with Crippen LogP contribution in [0.25, 0.3) is 11.0 Å². The van der Waals surface area contributed by atoms with Gasteiger partial charge in [-0.05, 0) is 24.6 Å². The van der Waals surface area contributed by atoms with Gasteiger partial charge in [-0.25, -0.2) is 15.0 Å². The van der Waals surface area contributed by atoms with Crippen LogP contribution >= 0.6 is 0 Å². The van der Waals surface area contributed by atoms with Gasteiger partial charge in [-0.2, -0.15) is 5.26 Å². The van der Waals surface area contributed by atoms with Crippen molar-refractivity contribution in [1.82, 2.24) is 19.5 Å². The van der Waals surface area contributed by atoms with Gasteiger partial charge < -0.3 is 14.2 Å². The summed E-state index contributed by atoms with van der Waals surface area (Å²) in [6.07, 6.45) is 5.23. The Morgan fingerprint density at radius 1 is 1.10 bits per heavy atom. The number of aromatic nitrogens is 4. The molecule has 144 valence electrons. The number of fused-ring (bicyclic) bond motifs is 1. The second-order valence-electron chi connectivity index (χ2n) is 6.85. The van der Waals surface area contributed by atoms with Crippen LogP contribution in [0.4, 0.5) is 11.5 Å². The third kappa shape index (κ3) is 3.73. The van der Waals surface area contributed by atoms with E-state index in [0.717, 1.165) is 39.4 Å². The summed E-state index contributed by atoms with van der Waals surface area (Å²) in [5, 5.41) is 8.84. The van der Waals surface area contributed by atoms with E-state index in [1.165, 1.54) is 0 Å². The van der Waals surface area contributed by atoms with Crippen molar-refractivity contribution in [1.29, 1.82) is 5.26 Å². The van der Waals surface area contributed by atoms with Crippen molar-refractivity contribution < 1.29 is 4.74 Å². The fourth-order valence-corrected chi connectivity index (χ4v) is 3.11. The second kappa shape index (κ2) is 7.60. The first-order valence-electron chi connectivity index (χ1n) is 9.14. The van der Waals surface area contributed by atoms with Gasteiger partial charge in [0.25, 0.3) is 0 Å². The Kier molecular flexibility index (Phi) is 4.83. The van der Waals surface area contributed by atoms with Crippen LogP contribution < -0.4 is 9.64 Å². The topological polar surface area (TPSA) is 79.9 Å². The van der Waals surface area contributed by atoms with Crippen LogP contribution in [0.5, 0.6) is 5.75 Å². The zero-order chi connectivity index (χ0) is 20.4. The Morgan fingerprint density at radius 2 is 1.97 bits per heavy atom. The maximum Gasteiger partial charge on any atom is 0.140 e. The molecule has 0 aliphatic carbocycles. The zero-order valence-corrected chi connectivity index (χ0v) is 16.5. The molecule has 7 nitrogen and oxygen atoms in total. The van der Waals surface area contributed by atoms with Crippen LogP contribution in [0.1, 0.15) is 16.8 Å². The maximum atomic E-state index is 8.84. The number of hydrogen-bond acceptors (Lipinski definition) is 6. The SMILES string of the molecule is Cc1ccc(OCc2ccc(C#N)nc2)cc1N(C)c1cc2c(cn1)ncn2C. The van der Waals surface area contributed by atoms with Gasteiger partial charge in [0, 0.05) is 43.7 Å². The molecule has 29 heavy (non-hydrogen) atoms. The van der Waals surface area contributed by atoms with Crippen LogP contribution in [0.15, 0.2) is 55.1 Å². The van der Waals surface area contributed by atoms with Crippen LogP contribution in [0, 0.1) is 18.3 Å². The molecular weight excluding hydrogens is 364 g/mol. The molecule has 0 aliphatic rings. The van der Waals surface area contributed by atoms with Crippen molar-refractivity contribution in [2.45, 2.75) is 13.5 Å². The first-order chi connectivity index (χ1) is 14.0. The van der Waals surface area contributed by atoms with E-state index in [4.69, 9.17) is 10.00 Å². The molecule has 0 amide bonds. The summed E-state index contributed by atoms with van der Waals surface area (Å²) in [7, 11) is 3.96. The van der Waals surface area contributed by atoms with Crippen LogP contribution in [-0.2, 0) is 13.7 Å². The van der Waals surface area contributed by atoms with Gasteiger partial charge in [0.05, 0.1) is 18.0 Å². The minimum absolute atomic E-state index is 0.379. The highest BCUT2D eigenvalue weighted by Crippen LogP contribution is 2.30. The predicted molar refractivity (Wildman–Crippen MR) is 111 cm³/mol. The summed E-state index contributed by atoms with van der Waals surface area (Å²) < 4.78 is 7.92. The highest BCUT2D eigenvalue weighted by Gasteiger charge is 2.12. The minimum atomic E-state index is 0.379. The smallest absolute Gasteiger partial charge is 0.140 e. The van der Waals surface area contributed by atoms with E-state index in [0.29, 0.717) is 12.3 Å². The molecule has 0 unspecified atom stereocenters. The standard InChI is InChI=1S/C22H20N6O/c1-15-4-7-18(29-13-16-5-6-17(10-23)24-11-16)8-20(15)28(3)22-9-21-19(12-25-22)26-14-27(21)2/h4-9,11-12,14H,13H2,1-3H3. The molecule has 4 rings (SSSR count). The second-order valence-corrected chi connectivity index (χ2v) is 6.85. The summed E-state index contributed by atoms with van der Waals surface area (Å²) in [5.41, 5.74) is 5.32. The van der Waals surface area contributed by atoms with Gasteiger partial charge in [0.1, 0.15) is 35.5 Å². The van der Waals surface area contributed by atoms with Crippen LogP contribution in [0.2, 0.25) is 0 Å². The van der Waals surface area contributed by atoms with Gasteiger partial charge in [-0.3, -0.25) is 0 Å². The fraction of sp³-hybridized carbons (Fsp3) is 0.182. The summed E-state index contributed by atoms with van der Waals surface area (Å²) >= 11 is 0. The number of nitrogens with zero attached hydrogens (tertiary/aromatic N) is 6. The van der Waals surface area contributed by atoms with Gasteiger partial charge in [0.15, 0.2) is 0 Å². The van der Waals surface area contributed by atoms with E-state index in [9.17, 15) is 0 Å². The lowest BCUT2D eigenvalue weighted by Crippen LogP contribution is -2.13. The first-order valence-corrected chi connectivity index (χ1v) is 9.14. The fourth-order valence-electron chi connectivity index (χ4n) is 3.11. The van der Waals surface area contributed by atoms with E-state index in [1.807, 2.05) is 60.0 Å². The molecule has 1 aromatic carbocycles. The number of aryl methyl sites for hydroxylation is 2. The van der Waals surface area contributed by atoms with Crippen molar-refractivity contribution in [2.24, 2.45) is 7.05 Å². The lowest BCUT2D eigenvalue weighted by molar-refractivity contribution is 0.306. The minimum Gasteiger partial charge on any atom is -0.489 e. The third-order valence-corrected chi connectivity index (χ3v) is 4.83. The molecule has 0 atom stereocenters. The van der Waals surface area contributed by atoms with E-state index in [-0.39, 0.29) is 0 Å². The lowest BCUT2D eigenvalue weighted by Gasteiger charge is -2.21. The molecule has 0 saturated carbocycles. The third-order valence-electron chi connectivity index (χ3n) is 4.83. The van der Waals surface area contributed by atoms with Gasteiger partial charge >= 0.3 is 0 Å². The number of hydrogen-bond donors (Lipinski definition) is 0. The summed E-state index contributed by atoms with van der Waals surface area (Å²) in [4.78, 5) is 15.0. The Hall–Kier alpha value is -3.92. The molecule has 3 aromatic heterocycles. The van der Waals surface area contributed by atoms with Crippen molar-refractivity contribution in [2.75, 3.05) is 11.9 Å². The van der Waals surface area contributed by atoms with Gasteiger partial charge in [-0.1, -0.05) is 12.1 Å². The van der Waals surface area contributed by atoms with Crippen molar-refractivity contribution in [3.63, 3.8) is 0 Å². The monoisotopic (exact) mass is 384 g/mol. The number of benzene rings is 1. The average molecular weight is 384 g/mol. The molecule has 0 aliphatic heterocycles. The summed E-state index contributed by atoms with van der Waals surface area (Å²) in [6, 6.07) is 13.6. The van der Waals surface area contributed by atoms with E-state index in [2.05, 4.69) is 21.9 Å². The number of pyridine rings is 2. The quantitative estimate of drug-likeness (QED) is 0.519. The van der Waals surface area contributed by atoms with Gasteiger partial charge in [-0.15, -0.1) is 0 Å². The van der Waals surface area contributed by atoms with Gasteiger partial charge in [0.2, 0.25) is 0 Å². The molecule has 0 saturated heterocycles. The highest BCUT2D eigenvalue weighted by molar-refractivity contribution is 5.79. The molecule has 0 bridgehead atoms. The van der Waals surface area contributed by atoms with Crippen molar-refractivity contribution in [3.8, 4) is 11.8 Å². The average Bonchev–Trinajstić information content (AvgIpc) is 3.13. The van der Waals surface area contributed by atoms with E-state index in [1.54, 1.807) is 24.8 Å². The number of nitriles is 1. The molecule has 0 fully saturated rings. The molecule has 0 N–H and O–H groups in total. The number of imidazole rings is 1. The molecule has 0 radical (unpaired) electrons. The van der Waals surface area contributed by atoms with Crippen LogP contribution in [-0.4, -0.2) is 26.6 Å². The van der Waals surface area contributed by atoms with Crippen LogP contribution in [0.3, 0.4) is 0 Å². The Bertz CT molecular complexity index is 1210. The van der Waals surface area contributed by atoms with E-state index >= 15 is 0 Å². The Morgan fingerprint density at radius 3 is 2.72 bits per heavy atom. The molecular formula is C22H20N6O. The molecule has 3 heterocycles. The van der Waals surface area contributed by atoms with Crippen molar-refractivity contribution in [3.05, 3.63) is 71.9 Å². The summed E-state index contributed by atoms with van der Waals surface area (Å²) in [5.74, 6) is 1.58. The number of rotatable bonds is 5. The molecule has 4 aromatic rings. The normalized spacial score (nSPS) is 10.7. The molecule has 7 heteroatoms. The Labute approximate surface area is 168 Å². The predicted octanol–water partition coefficient (Wildman–Crippen LogP) is 3.89. The molecule has 0 spiro atoms. The lowest BCUT2D eigenvalue weighted by atomic mass is 10.1.